The van der Waals surface area contributed by atoms with Gasteiger partial charge in [-0.15, -0.1) is 5.10 Å². The fourth-order valence-electron chi connectivity index (χ4n) is 7.37. The van der Waals surface area contributed by atoms with Crippen molar-refractivity contribution < 1.29 is 19.5 Å². The van der Waals surface area contributed by atoms with Crippen LogP contribution in [0.4, 0.5) is 4.79 Å². The number of hydrazine groups is 1. The average Bonchev–Trinajstić information content (AvgIpc) is 3.63. The predicted molar refractivity (Wildman–Crippen MR) is 200 cm³/mol. The Balaban J connectivity index is 1.15. The van der Waals surface area contributed by atoms with Crippen molar-refractivity contribution >= 4 is 28.6 Å². The minimum absolute atomic E-state index is 0.0872. The third kappa shape index (κ3) is 7.34. The Hall–Kier alpha value is -6.60. The summed E-state index contributed by atoms with van der Waals surface area (Å²) in [4.78, 5) is 50.8. The molecule has 272 valence electrons. The zero-order chi connectivity index (χ0) is 37.0. The van der Waals surface area contributed by atoms with Crippen molar-refractivity contribution in [2.24, 2.45) is 0 Å². The van der Waals surface area contributed by atoms with E-state index in [2.05, 4.69) is 20.6 Å². The largest absolute Gasteiger partial charge is 0.508 e. The Morgan fingerprint density at radius 1 is 0.796 bits per heavy atom. The van der Waals surface area contributed by atoms with Gasteiger partial charge < -0.3 is 20.2 Å². The highest BCUT2D eigenvalue weighted by Gasteiger charge is 2.51. The van der Waals surface area contributed by atoms with Crippen LogP contribution in [0.3, 0.4) is 0 Å². The van der Waals surface area contributed by atoms with Gasteiger partial charge in [0.2, 0.25) is 11.8 Å². The van der Waals surface area contributed by atoms with Crippen molar-refractivity contribution in [2.75, 3.05) is 13.1 Å². The number of amides is 4. The molecule has 13 heteroatoms. The molecular weight excluding hydrogens is 683 g/mol. The minimum Gasteiger partial charge on any atom is -0.508 e. The molecule has 8 rings (SSSR count). The van der Waals surface area contributed by atoms with Crippen molar-refractivity contribution in [1.82, 2.24) is 45.1 Å². The molecule has 0 saturated carbocycles. The molecule has 0 radical (unpaired) electrons. The summed E-state index contributed by atoms with van der Waals surface area (Å²) >= 11 is 0. The SMILES string of the molecule is O=C1[C@H](Cc2ccc(O)cc2)N2C(=O)CN(Cc3cn(Cc4ccncc4)nn3)N(C(=O)NCc3ccccc3)[C@H]2CN1Cc1cccc2ccccc12. The van der Waals surface area contributed by atoms with Crippen molar-refractivity contribution in [3.8, 4) is 5.75 Å². The van der Waals surface area contributed by atoms with Gasteiger partial charge in [-0.05, 0) is 57.3 Å². The second-order valence-electron chi connectivity index (χ2n) is 13.6. The summed E-state index contributed by atoms with van der Waals surface area (Å²) in [6.07, 6.45) is 4.62. The number of nitrogens with zero attached hydrogens (tertiary/aromatic N) is 8. The lowest BCUT2D eigenvalue weighted by Crippen LogP contribution is -2.76. The van der Waals surface area contributed by atoms with E-state index in [1.807, 2.05) is 91.1 Å². The van der Waals surface area contributed by atoms with Gasteiger partial charge in [-0.3, -0.25) is 14.6 Å². The van der Waals surface area contributed by atoms with E-state index < -0.39 is 18.2 Å². The van der Waals surface area contributed by atoms with Crippen molar-refractivity contribution in [3.63, 3.8) is 0 Å². The van der Waals surface area contributed by atoms with Crippen LogP contribution in [0.1, 0.15) is 27.9 Å². The van der Waals surface area contributed by atoms with Crippen molar-refractivity contribution in [3.05, 3.63) is 156 Å². The molecule has 4 aromatic carbocycles. The number of carbonyl (C=O) groups is 3. The summed E-state index contributed by atoms with van der Waals surface area (Å²) in [5.74, 6) is -0.385. The van der Waals surface area contributed by atoms with Gasteiger partial charge in [0.05, 0.1) is 38.1 Å². The normalized spacial score (nSPS) is 17.5. The van der Waals surface area contributed by atoms with E-state index in [1.54, 1.807) is 61.2 Å². The topological polar surface area (TPSA) is 140 Å². The molecule has 4 heterocycles. The highest BCUT2D eigenvalue weighted by atomic mass is 16.3. The van der Waals surface area contributed by atoms with Gasteiger partial charge in [0, 0.05) is 31.9 Å². The molecule has 4 amide bonds. The first-order chi connectivity index (χ1) is 26.4. The van der Waals surface area contributed by atoms with Crippen LogP contribution in [-0.4, -0.2) is 88.0 Å². The van der Waals surface area contributed by atoms with Gasteiger partial charge in [-0.1, -0.05) is 90.1 Å². The predicted octanol–water partition coefficient (Wildman–Crippen LogP) is 4.33. The maximum absolute atomic E-state index is 14.6. The number of pyridine rings is 1. The summed E-state index contributed by atoms with van der Waals surface area (Å²) in [5.41, 5.74) is 4.24. The quantitative estimate of drug-likeness (QED) is 0.213. The van der Waals surface area contributed by atoms with Gasteiger partial charge in [-0.25, -0.2) is 14.5 Å². The van der Waals surface area contributed by atoms with Gasteiger partial charge in [0.1, 0.15) is 18.0 Å². The number of hydrogen-bond acceptors (Lipinski definition) is 8. The molecule has 2 saturated heterocycles. The third-order valence-corrected chi connectivity index (χ3v) is 9.96. The summed E-state index contributed by atoms with van der Waals surface area (Å²) < 4.78 is 1.71. The number of urea groups is 1. The molecule has 0 spiro atoms. The van der Waals surface area contributed by atoms with E-state index in [-0.39, 0.29) is 56.7 Å². The van der Waals surface area contributed by atoms with E-state index in [0.717, 1.165) is 33.0 Å². The smallest absolute Gasteiger partial charge is 0.334 e. The Morgan fingerprint density at radius 3 is 2.37 bits per heavy atom. The number of fused-ring (bicyclic) bond motifs is 2. The first-order valence-corrected chi connectivity index (χ1v) is 17.9. The van der Waals surface area contributed by atoms with E-state index in [0.29, 0.717) is 12.2 Å². The number of benzene rings is 4. The maximum Gasteiger partial charge on any atom is 0.334 e. The Kier molecular flexibility index (Phi) is 9.69. The minimum atomic E-state index is -0.899. The monoisotopic (exact) mass is 721 g/mol. The number of phenols is 1. The van der Waals surface area contributed by atoms with Gasteiger partial charge in [0.25, 0.3) is 0 Å². The number of hydrogen-bond donors (Lipinski definition) is 2. The molecule has 54 heavy (non-hydrogen) atoms. The van der Waals surface area contributed by atoms with Gasteiger partial charge in [-0.2, -0.15) is 5.01 Å². The average molecular weight is 722 g/mol. The van der Waals surface area contributed by atoms with Gasteiger partial charge >= 0.3 is 6.03 Å². The molecule has 0 aliphatic carbocycles. The number of nitrogens with one attached hydrogen (secondary N) is 1. The number of aromatic hydroxyl groups is 1. The van der Waals surface area contributed by atoms with E-state index in [4.69, 9.17) is 0 Å². The first kappa shape index (κ1) is 34.5. The first-order valence-electron chi connectivity index (χ1n) is 17.9. The van der Waals surface area contributed by atoms with Gasteiger partial charge in [0.15, 0.2) is 0 Å². The molecule has 2 N–H and O–H groups in total. The zero-order valence-corrected chi connectivity index (χ0v) is 29.5. The third-order valence-electron chi connectivity index (χ3n) is 9.96. The van der Waals surface area contributed by atoms with Crippen LogP contribution in [0.25, 0.3) is 10.8 Å². The second-order valence-corrected chi connectivity index (χ2v) is 13.6. The summed E-state index contributed by atoms with van der Waals surface area (Å²) in [5, 5.41) is 27.1. The second kappa shape index (κ2) is 15.2. The van der Waals surface area contributed by atoms with Crippen LogP contribution in [-0.2, 0) is 42.2 Å². The Bertz CT molecular complexity index is 2260. The number of phenolic OH excluding ortho intramolecular Hbond substituents is 1. The molecule has 0 bridgehead atoms. The molecule has 13 nitrogen and oxygen atoms in total. The molecule has 2 aliphatic rings. The number of rotatable bonds is 10. The molecule has 6 aromatic rings. The molecule has 2 fully saturated rings. The lowest BCUT2D eigenvalue weighted by molar-refractivity contribution is -0.192. The standard InChI is InChI=1S/C41H39N9O4/c51-35-15-13-29(14-16-35)21-37-40(53)46(24-33-11-6-10-32-9-4-5-12-36(32)33)27-38-49(37)39(52)28-48(50(38)41(54)43-22-30-7-2-1-3-8-30)26-34-25-47(45-44-34)23-31-17-19-42-20-18-31/h1-20,25,37-38,51H,21-24,26-28H2,(H,43,54)/t37-,38-/m0/s1. The lowest BCUT2D eigenvalue weighted by atomic mass is 9.97. The highest BCUT2D eigenvalue weighted by Crippen LogP contribution is 2.31. The van der Waals surface area contributed by atoms with Crippen LogP contribution < -0.4 is 5.32 Å². The summed E-state index contributed by atoms with van der Waals surface area (Å²) in [7, 11) is 0. The number of piperazine rings is 1. The van der Waals surface area contributed by atoms with Crippen molar-refractivity contribution in [2.45, 2.75) is 44.8 Å². The van der Waals surface area contributed by atoms with Crippen LogP contribution in [0.2, 0.25) is 0 Å². The molecule has 0 unspecified atom stereocenters. The summed E-state index contributed by atoms with van der Waals surface area (Å²) in [6, 6.07) is 32.8. The zero-order valence-electron chi connectivity index (χ0n) is 29.5. The molecule has 2 aromatic heterocycles. The fourth-order valence-corrected chi connectivity index (χ4v) is 7.37. The van der Waals surface area contributed by atoms with E-state index >= 15 is 0 Å². The molecular formula is C41H39N9O4. The van der Waals surface area contributed by atoms with E-state index in [9.17, 15) is 19.5 Å². The number of aromatic nitrogens is 4. The maximum atomic E-state index is 14.6. The molecule has 2 atom stereocenters. The van der Waals surface area contributed by atoms with Crippen molar-refractivity contribution in [1.29, 1.82) is 0 Å². The lowest BCUT2D eigenvalue weighted by Gasteiger charge is -2.55. The fraction of sp³-hybridized carbons (Fsp3) is 0.220. The Labute approximate surface area is 312 Å². The van der Waals surface area contributed by atoms with Crippen LogP contribution in [0.5, 0.6) is 5.75 Å². The number of carbonyl (C=O) groups excluding carboxylic acids is 3. The Morgan fingerprint density at radius 2 is 1.56 bits per heavy atom. The highest BCUT2D eigenvalue weighted by molar-refractivity contribution is 5.92. The van der Waals surface area contributed by atoms with Crippen LogP contribution in [0, 0.1) is 0 Å². The van der Waals surface area contributed by atoms with E-state index in [1.165, 1.54) is 0 Å². The summed E-state index contributed by atoms with van der Waals surface area (Å²) in [6.45, 7) is 1.09. The van der Waals surface area contributed by atoms with Crippen LogP contribution in [0.15, 0.2) is 128 Å². The van der Waals surface area contributed by atoms with Crippen LogP contribution >= 0.6 is 0 Å². The molecule has 2 aliphatic heterocycles.